The van der Waals surface area contributed by atoms with E-state index < -0.39 is 24.3 Å². The third-order valence-electron chi connectivity index (χ3n) is 3.90. The second kappa shape index (κ2) is 3.86. The van der Waals surface area contributed by atoms with Gasteiger partial charge in [-0.05, 0) is 40.2 Å². The van der Waals surface area contributed by atoms with Gasteiger partial charge in [-0.25, -0.2) is 4.79 Å². The predicted molar refractivity (Wildman–Crippen MR) is 68.2 cm³/mol. The average Bonchev–Trinajstić information content (AvgIpc) is 2.66. The van der Waals surface area contributed by atoms with Crippen LogP contribution in [0.2, 0.25) is 0 Å². The summed E-state index contributed by atoms with van der Waals surface area (Å²) in [4.78, 5) is 13.9. The van der Waals surface area contributed by atoms with Gasteiger partial charge in [-0.3, -0.25) is 0 Å². The first-order valence-electron chi connectivity index (χ1n) is 5.92. The molecule has 1 saturated heterocycles. The van der Waals surface area contributed by atoms with E-state index in [1.54, 1.807) is 6.92 Å². The Morgan fingerprint density at radius 1 is 1.28 bits per heavy atom. The van der Waals surface area contributed by atoms with Gasteiger partial charge < -0.3 is 19.4 Å². The van der Waals surface area contributed by atoms with Crippen molar-refractivity contribution in [3.63, 3.8) is 0 Å². The summed E-state index contributed by atoms with van der Waals surface area (Å²) in [6.07, 6.45) is 1.47. The summed E-state index contributed by atoms with van der Waals surface area (Å²) in [6.45, 7) is 9.60. The molecule has 0 amide bonds. The van der Waals surface area contributed by atoms with Crippen molar-refractivity contribution in [1.82, 2.24) is 4.98 Å². The van der Waals surface area contributed by atoms with Crippen molar-refractivity contribution in [3.05, 3.63) is 17.3 Å². The van der Waals surface area contributed by atoms with Crippen LogP contribution in [0, 0.1) is 6.92 Å². The largest absolute Gasteiger partial charge is 0.512 e. The van der Waals surface area contributed by atoms with Crippen molar-refractivity contribution in [2.75, 3.05) is 0 Å². The lowest BCUT2D eigenvalue weighted by Gasteiger charge is -2.32. The number of hydrogen-bond acceptors (Lipinski definition) is 3. The van der Waals surface area contributed by atoms with Crippen LogP contribution in [-0.4, -0.2) is 34.4 Å². The van der Waals surface area contributed by atoms with Crippen molar-refractivity contribution in [1.29, 1.82) is 0 Å². The SMILES string of the molecule is Cc1c(C(=O)O)c[nH]c1B1OC(C)(C)C(C)(C)O1. The molecule has 2 N–H and O–H groups in total. The van der Waals surface area contributed by atoms with E-state index in [0.717, 1.165) is 0 Å². The Bertz CT molecular complexity index is 476. The highest BCUT2D eigenvalue weighted by atomic mass is 16.7. The van der Waals surface area contributed by atoms with E-state index >= 15 is 0 Å². The molecule has 18 heavy (non-hydrogen) atoms. The van der Waals surface area contributed by atoms with Crippen LogP contribution < -0.4 is 5.59 Å². The van der Waals surface area contributed by atoms with Gasteiger partial charge >= 0.3 is 13.1 Å². The molecular weight excluding hydrogens is 233 g/mol. The minimum atomic E-state index is -0.952. The van der Waals surface area contributed by atoms with Gasteiger partial charge in [0.2, 0.25) is 0 Å². The number of rotatable bonds is 2. The molecule has 0 radical (unpaired) electrons. The first-order chi connectivity index (χ1) is 8.16. The molecule has 0 atom stereocenters. The number of nitrogens with one attached hydrogen (secondary N) is 1. The van der Waals surface area contributed by atoms with Crippen molar-refractivity contribution in [2.24, 2.45) is 0 Å². The molecule has 0 unspecified atom stereocenters. The Morgan fingerprint density at radius 2 is 1.78 bits per heavy atom. The number of aromatic nitrogens is 1. The summed E-state index contributed by atoms with van der Waals surface area (Å²) in [7, 11) is -0.553. The van der Waals surface area contributed by atoms with Crippen molar-refractivity contribution in [2.45, 2.75) is 45.8 Å². The number of aromatic amines is 1. The summed E-state index contributed by atoms with van der Waals surface area (Å²) < 4.78 is 11.8. The quantitative estimate of drug-likeness (QED) is 0.777. The lowest BCUT2D eigenvalue weighted by molar-refractivity contribution is 0.00578. The highest BCUT2D eigenvalue weighted by Gasteiger charge is 2.52. The summed E-state index contributed by atoms with van der Waals surface area (Å²) >= 11 is 0. The van der Waals surface area contributed by atoms with Crippen LogP contribution in [0.5, 0.6) is 0 Å². The van der Waals surface area contributed by atoms with Gasteiger partial charge in [0.25, 0.3) is 0 Å². The molecule has 2 rings (SSSR count). The first-order valence-corrected chi connectivity index (χ1v) is 5.92. The molecule has 0 saturated carbocycles. The number of carboxylic acids is 1. The lowest BCUT2D eigenvalue weighted by Crippen LogP contribution is -2.41. The first kappa shape index (κ1) is 13.2. The van der Waals surface area contributed by atoms with Gasteiger partial charge in [-0.1, -0.05) is 0 Å². The topological polar surface area (TPSA) is 71.5 Å². The fraction of sp³-hybridized carbons (Fsp3) is 0.583. The van der Waals surface area contributed by atoms with E-state index in [4.69, 9.17) is 14.4 Å². The van der Waals surface area contributed by atoms with E-state index in [1.165, 1.54) is 6.20 Å². The molecule has 0 aromatic carbocycles. The van der Waals surface area contributed by atoms with Crippen LogP contribution >= 0.6 is 0 Å². The zero-order chi connectivity index (χ0) is 13.7. The number of aromatic carboxylic acids is 1. The number of H-pyrrole nitrogens is 1. The molecule has 98 valence electrons. The summed E-state index contributed by atoms with van der Waals surface area (Å²) in [5.74, 6) is -0.952. The molecule has 5 nitrogen and oxygen atoms in total. The van der Waals surface area contributed by atoms with E-state index in [1.807, 2.05) is 27.7 Å². The Labute approximate surface area is 107 Å². The Balaban J connectivity index is 2.33. The number of hydrogen-bond donors (Lipinski definition) is 2. The zero-order valence-corrected chi connectivity index (χ0v) is 11.3. The molecule has 0 bridgehead atoms. The van der Waals surface area contributed by atoms with Crippen LogP contribution in [-0.2, 0) is 9.31 Å². The Hall–Kier alpha value is -1.27. The van der Waals surface area contributed by atoms with Gasteiger partial charge in [-0.2, -0.15) is 0 Å². The predicted octanol–water partition coefficient (Wildman–Crippen LogP) is 1.32. The van der Waals surface area contributed by atoms with Crippen LogP contribution in [0.4, 0.5) is 0 Å². The molecule has 0 spiro atoms. The van der Waals surface area contributed by atoms with Gasteiger partial charge in [0, 0.05) is 11.8 Å². The maximum atomic E-state index is 11.0. The van der Waals surface area contributed by atoms with Crippen LogP contribution in [0.25, 0.3) is 0 Å². The van der Waals surface area contributed by atoms with E-state index in [2.05, 4.69) is 4.98 Å². The maximum Gasteiger partial charge on any atom is 0.512 e. The summed E-state index contributed by atoms with van der Waals surface area (Å²) in [6, 6.07) is 0. The molecule has 2 heterocycles. The number of carboxylic acid groups (broad SMARTS) is 1. The van der Waals surface area contributed by atoms with Crippen molar-refractivity contribution >= 4 is 18.7 Å². The minimum absolute atomic E-state index is 0.250. The summed E-state index contributed by atoms with van der Waals surface area (Å²) in [5, 5.41) is 9.03. The maximum absolute atomic E-state index is 11.0. The van der Waals surface area contributed by atoms with Crippen molar-refractivity contribution < 1.29 is 19.2 Å². The van der Waals surface area contributed by atoms with E-state index in [-0.39, 0.29) is 5.56 Å². The molecule has 1 fully saturated rings. The molecule has 0 aliphatic carbocycles. The average molecular weight is 251 g/mol. The highest BCUT2D eigenvalue weighted by Crippen LogP contribution is 2.36. The fourth-order valence-corrected chi connectivity index (χ4v) is 1.94. The number of carbonyl (C=O) groups is 1. The Kier molecular flexibility index (Phi) is 2.83. The van der Waals surface area contributed by atoms with Gasteiger partial charge in [0.1, 0.15) is 0 Å². The van der Waals surface area contributed by atoms with Gasteiger partial charge in [0.15, 0.2) is 0 Å². The second-order valence-corrected chi connectivity index (χ2v) is 5.63. The van der Waals surface area contributed by atoms with E-state index in [9.17, 15) is 4.79 Å². The molecule has 1 aliphatic heterocycles. The Morgan fingerprint density at radius 3 is 2.17 bits per heavy atom. The molecule has 6 heteroatoms. The zero-order valence-electron chi connectivity index (χ0n) is 11.3. The fourth-order valence-electron chi connectivity index (χ4n) is 1.94. The molecule has 1 aromatic heterocycles. The summed E-state index contributed by atoms with van der Waals surface area (Å²) in [5.41, 5.74) is 0.712. The van der Waals surface area contributed by atoms with Crippen molar-refractivity contribution in [3.8, 4) is 0 Å². The smallest absolute Gasteiger partial charge is 0.478 e. The van der Waals surface area contributed by atoms with Crippen LogP contribution in [0.15, 0.2) is 6.20 Å². The lowest BCUT2D eigenvalue weighted by atomic mass is 9.81. The van der Waals surface area contributed by atoms with E-state index in [0.29, 0.717) is 11.2 Å². The third kappa shape index (κ3) is 1.85. The standard InChI is InChI=1S/C12H18BNO4/c1-7-8(10(15)16)6-14-9(7)13-17-11(2,3)12(4,5)18-13/h6,14H,1-5H3,(H,15,16). The third-order valence-corrected chi connectivity index (χ3v) is 3.90. The monoisotopic (exact) mass is 251 g/mol. The highest BCUT2D eigenvalue weighted by molar-refractivity contribution is 6.61. The normalized spacial score (nSPS) is 21.3. The molecule has 1 aliphatic rings. The van der Waals surface area contributed by atoms with Crippen LogP contribution in [0.1, 0.15) is 43.6 Å². The molecule has 1 aromatic rings. The van der Waals surface area contributed by atoms with Gasteiger partial charge in [-0.15, -0.1) is 0 Å². The molecular formula is C12H18BNO4. The second-order valence-electron chi connectivity index (χ2n) is 5.63. The minimum Gasteiger partial charge on any atom is -0.478 e. The van der Waals surface area contributed by atoms with Crippen LogP contribution in [0.3, 0.4) is 0 Å². The van der Waals surface area contributed by atoms with Gasteiger partial charge in [0.05, 0.1) is 16.8 Å².